The Balaban J connectivity index is 2.42. The Morgan fingerprint density at radius 1 is 1.17 bits per heavy atom. The van der Waals surface area contributed by atoms with Crippen LogP contribution in [0, 0.1) is 5.82 Å². The maximum absolute atomic E-state index is 13.6. The van der Waals surface area contributed by atoms with Crippen molar-refractivity contribution in [3.8, 4) is 11.5 Å². The minimum atomic E-state index is -0.618. The topological polar surface area (TPSA) is 46.5 Å². The van der Waals surface area contributed by atoms with Crippen molar-refractivity contribution >= 4 is 6.29 Å². The van der Waals surface area contributed by atoms with Crippen molar-refractivity contribution in [2.24, 2.45) is 0 Å². The van der Waals surface area contributed by atoms with Crippen LogP contribution in [0.15, 0.2) is 42.5 Å². The number of benzene rings is 2. The lowest BCUT2D eigenvalue weighted by Crippen LogP contribution is -1.96. The zero-order valence-corrected chi connectivity index (χ0v) is 9.47. The van der Waals surface area contributed by atoms with Gasteiger partial charge in [0.15, 0.2) is 17.9 Å². The van der Waals surface area contributed by atoms with Gasteiger partial charge in [-0.15, -0.1) is 0 Å². The van der Waals surface area contributed by atoms with Gasteiger partial charge in [-0.25, -0.2) is 4.39 Å². The molecule has 0 aliphatic carbocycles. The highest BCUT2D eigenvalue weighted by Crippen LogP contribution is 2.29. The molecule has 0 fully saturated rings. The van der Waals surface area contributed by atoms with Crippen molar-refractivity contribution in [3.05, 3.63) is 59.4 Å². The molecular formula is C14H11FO3. The fourth-order valence-corrected chi connectivity index (χ4v) is 1.57. The fraction of sp³-hybridized carbons (Fsp3) is 0.0714. The van der Waals surface area contributed by atoms with Crippen LogP contribution in [-0.4, -0.2) is 11.4 Å². The van der Waals surface area contributed by atoms with E-state index in [1.165, 1.54) is 18.2 Å². The van der Waals surface area contributed by atoms with E-state index in [1.54, 1.807) is 24.3 Å². The van der Waals surface area contributed by atoms with E-state index in [2.05, 4.69) is 0 Å². The molecule has 2 aromatic carbocycles. The molecule has 0 unspecified atom stereocenters. The number of ether oxygens (including phenoxy) is 1. The van der Waals surface area contributed by atoms with Gasteiger partial charge in [0, 0.05) is 5.56 Å². The Morgan fingerprint density at radius 3 is 2.67 bits per heavy atom. The van der Waals surface area contributed by atoms with Crippen molar-refractivity contribution in [1.29, 1.82) is 0 Å². The van der Waals surface area contributed by atoms with Crippen LogP contribution < -0.4 is 4.74 Å². The molecule has 0 bridgehead atoms. The van der Waals surface area contributed by atoms with Crippen molar-refractivity contribution in [2.75, 3.05) is 0 Å². The molecule has 0 heterocycles. The summed E-state index contributed by atoms with van der Waals surface area (Å²) in [5.41, 5.74) is 0.653. The smallest absolute Gasteiger partial charge is 0.173 e. The average molecular weight is 246 g/mol. The van der Waals surface area contributed by atoms with Crippen LogP contribution >= 0.6 is 0 Å². The molecule has 0 spiro atoms. The predicted molar refractivity (Wildman–Crippen MR) is 64.2 cm³/mol. The summed E-state index contributed by atoms with van der Waals surface area (Å²) < 4.78 is 19.0. The average Bonchev–Trinajstić information content (AvgIpc) is 2.41. The number of hydrogen-bond acceptors (Lipinski definition) is 3. The molecule has 3 nitrogen and oxygen atoms in total. The van der Waals surface area contributed by atoms with E-state index in [4.69, 9.17) is 9.84 Å². The number of halogens is 1. The number of hydrogen-bond donors (Lipinski definition) is 1. The minimum absolute atomic E-state index is 0.128. The van der Waals surface area contributed by atoms with Gasteiger partial charge in [0.05, 0.1) is 12.2 Å². The zero-order chi connectivity index (χ0) is 13.0. The summed E-state index contributed by atoms with van der Waals surface area (Å²) in [5.74, 6) is -0.422. The molecule has 4 heteroatoms. The van der Waals surface area contributed by atoms with Gasteiger partial charge < -0.3 is 9.84 Å². The quantitative estimate of drug-likeness (QED) is 0.844. The second kappa shape index (κ2) is 5.42. The van der Waals surface area contributed by atoms with Crippen molar-refractivity contribution < 1.29 is 19.0 Å². The Labute approximate surface area is 103 Å². The highest BCUT2D eigenvalue weighted by molar-refractivity contribution is 5.79. The second-order valence-electron chi connectivity index (χ2n) is 3.64. The van der Waals surface area contributed by atoms with Crippen LogP contribution in [0.25, 0.3) is 0 Å². The maximum Gasteiger partial charge on any atom is 0.173 e. The lowest BCUT2D eigenvalue weighted by atomic mass is 10.2. The molecular weight excluding hydrogens is 235 g/mol. The molecule has 0 saturated carbocycles. The summed E-state index contributed by atoms with van der Waals surface area (Å²) in [6.07, 6.45) is 0.528. The van der Waals surface area contributed by atoms with Crippen LogP contribution in [0.1, 0.15) is 15.9 Å². The van der Waals surface area contributed by atoms with E-state index < -0.39 is 5.82 Å². The predicted octanol–water partition coefficient (Wildman–Crippen LogP) is 2.92. The van der Waals surface area contributed by atoms with E-state index in [-0.39, 0.29) is 17.9 Å². The van der Waals surface area contributed by atoms with Crippen LogP contribution in [0.5, 0.6) is 11.5 Å². The first-order chi connectivity index (χ1) is 8.76. The van der Waals surface area contributed by atoms with E-state index in [0.29, 0.717) is 17.6 Å². The number of para-hydroxylation sites is 2. The summed E-state index contributed by atoms with van der Waals surface area (Å²) in [4.78, 5) is 10.8. The standard InChI is InChI=1S/C14H11FO3/c15-12-6-3-5-11(9-17)14(12)18-13-7-2-1-4-10(13)8-16/h1-7,9,16H,8H2. The molecule has 2 rings (SSSR count). The summed E-state index contributed by atoms with van der Waals surface area (Å²) in [5, 5.41) is 9.15. The van der Waals surface area contributed by atoms with Crippen molar-refractivity contribution in [3.63, 3.8) is 0 Å². The minimum Gasteiger partial charge on any atom is -0.453 e. The highest BCUT2D eigenvalue weighted by Gasteiger charge is 2.12. The van der Waals surface area contributed by atoms with Crippen LogP contribution in [-0.2, 0) is 6.61 Å². The molecule has 0 aromatic heterocycles. The molecule has 18 heavy (non-hydrogen) atoms. The van der Waals surface area contributed by atoms with Gasteiger partial charge in [-0.2, -0.15) is 0 Å². The van der Waals surface area contributed by atoms with Gasteiger partial charge in [0.2, 0.25) is 0 Å². The molecule has 2 aromatic rings. The first-order valence-corrected chi connectivity index (χ1v) is 5.36. The van der Waals surface area contributed by atoms with Crippen LogP contribution in [0.3, 0.4) is 0 Å². The molecule has 0 atom stereocenters. The molecule has 0 saturated heterocycles. The van der Waals surface area contributed by atoms with E-state index in [9.17, 15) is 9.18 Å². The maximum atomic E-state index is 13.6. The van der Waals surface area contributed by atoms with Gasteiger partial charge in [-0.3, -0.25) is 4.79 Å². The van der Waals surface area contributed by atoms with Gasteiger partial charge in [0.25, 0.3) is 0 Å². The molecule has 0 radical (unpaired) electrons. The largest absolute Gasteiger partial charge is 0.453 e. The Kier molecular flexibility index (Phi) is 3.69. The van der Waals surface area contributed by atoms with Crippen molar-refractivity contribution in [2.45, 2.75) is 6.61 Å². The van der Waals surface area contributed by atoms with Gasteiger partial charge in [0.1, 0.15) is 5.75 Å². The third kappa shape index (κ3) is 2.38. The van der Waals surface area contributed by atoms with Gasteiger partial charge in [-0.1, -0.05) is 24.3 Å². The van der Waals surface area contributed by atoms with Crippen molar-refractivity contribution in [1.82, 2.24) is 0 Å². The summed E-state index contributed by atoms with van der Waals surface area (Å²) in [6.45, 7) is -0.221. The number of aldehydes is 1. The lowest BCUT2D eigenvalue weighted by Gasteiger charge is -2.11. The van der Waals surface area contributed by atoms with E-state index >= 15 is 0 Å². The molecule has 92 valence electrons. The summed E-state index contributed by atoms with van der Waals surface area (Å²) in [6, 6.07) is 10.8. The first kappa shape index (κ1) is 12.3. The Hall–Kier alpha value is -2.20. The molecule has 0 aliphatic rings. The van der Waals surface area contributed by atoms with E-state index in [0.717, 1.165) is 0 Å². The number of carbonyl (C=O) groups excluding carboxylic acids is 1. The highest BCUT2D eigenvalue weighted by atomic mass is 19.1. The zero-order valence-electron chi connectivity index (χ0n) is 9.47. The lowest BCUT2D eigenvalue weighted by molar-refractivity contribution is 0.112. The van der Waals surface area contributed by atoms with Crippen LogP contribution in [0.4, 0.5) is 4.39 Å². The number of rotatable bonds is 4. The molecule has 0 amide bonds. The monoisotopic (exact) mass is 246 g/mol. The van der Waals surface area contributed by atoms with Gasteiger partial charge in [-0.05, 0) is 18.2 Å². The number of carbonyl (C=O) groups is 1. The third-order valence-electron chi connectivity index (χ3n) is 2.48. The summed E-state index contributed by atoms with van der Waals surface area (Å²) in [7, 11) is 0. The third-order valence-corrected chi connectivity index (χ3v) is 2.48. The van der Waals surface area contributed by atoms with Gasteiger partial charge >= 0.3 is 0 Å². The fourth-order valence-electron chi connectivity index (χ4n) is 1.57. The molecule has 0 aliphatic heterocycles. The summed E-state index contributed by atoms with van der Waals surface area (Å²) >= 11 is 0. The normalized spacial score (nSPS) is 10.1. The number of aliphatic hydroxyl groups excluding tert-OH is 1. The first-order valence-electron chi connectivity index (χ1n) is 5.36. The SMILES string of the molecule is O=Cc1cccc(F)c1Oc1ccccc1CO. The van der Waals surface area contributed by atoms with Crippen LogP contribution in [0.2, 0.25) is 0 Å². The second-order valence-corrected chi connectivity index (χ2v) is 3.64. The number of aliphatic hydroxyl groups is 1. The Morgan fingerprint density at radius 2 is 1.94 bits per heavy atom. The Bertz CT molecular complexity index is 567. The molecule has 1 N–H and O–H groups in total. The van der Waals surface area contributed by atoms with E-state index in [1.807, 2.05) is 0 Å².